The third-order valence-corrected chi connectivity index (χ3v) is 4.60. The minimum Gasteiger partial charge on any atom is -0.369 e. The molecule has 0 N–H and O–H groups in total. The number of carbonyl (C=O) groups excluding carboxylic acids is 1. The van der Waals surface area contributed by atoms with Crippen LogP contribution in [0.4, 0.5) is 10.1 Å². The predicted octanol–water partition coefficient (Wildman–Crippen LogP) is 2.12. The second-order valence-corrected chi connectivity index (χ2v) is 6.24. The van der Waals surface area contributed by atoms with Crippen LogP contribution in [0.5, 0.6) is 0 Å². The standard InChI is InChI=1S/C18H18FN5O/c1-22-6-8-23(9-7-22)14-3-5-17(15(19)10-14)24-12-20-16-4-2-13(11-25)21-18(16)24/h2-5,10-12H,6-9H2,1H3. The van der Waals surface area contributed by atoms with Crippen LogP contribution in [0.25, 0.3) is 16.9 Å². The first-order chi connectivity index (χ1) is 12.2. The van der Waals surface area contributed by atoms with Crippen LogP contribution in [-0.2, 0) is 0 Å². The second kappa shape index (κ2) is 6.25. The highest BCUT2D eigenvalue weighted by atomic mass is 19.1. The van der Waals surface area contributed by atoms with Gasteiger partial charge in [-0.1, -0.05) is 0 Å². The van der Waals surface area contributed by atoms with Gasteiger partial charge in [-0.25, -0.2) is 14.4 Å². The molecule has 0 unspecified atom stereocenters. The third-order valence-electron chi connectivity index (χ3n) is 4.60. The van der Waals surface area contributed by atoms with Crippen LogP contribution >= 0.6 is 0 Å². The van der Waals surface area contributed by atoms with Gasteiger partial charge in [-0.2, -0.15) is 0 Å². The number of hydrogen-bond donors (Lipinski definition) is 0. The van der Waals surface area contributed by atoms with E-state index in [9.17, 15) is 9.18 Å². The van der Waals surface area contributed by atoms with Gasteiger partial charge in [0.2, 0.25) is 0 Å². The first-order valence-electron chi connectivity index (χ1n) is 8.18. The van der Waals surface area contributed by atoms with Gasteiger partial charge in [0.1, 0.15) is 23.4 Å². The summed E-state index contributed by atoms with van der Waals surface area (Å²) >= 11 is 0. The Morgan fingerprint density at radius 3 is 2.64 bits per heavy atom. The molecule has 2 aromatic heterocycles. The van der Waals surface area contributed by atoms with Crippen molar-refractivity contribution in [2.45, 2.75) is 0 Å². The van der Waals surface area contributed by atoms with Gasteiger partial charge in [-0.05, 0) is 37.4 Å². The Labute approximate surface area is 144 Å². The summed E-state index contributed by atoms with van der Waals surface area (Å²) in [5.41, 5.74) is 2.63. The van der Waals surface area contributed by atoms with Crippen molar-refractivity contribution in [3.63, 3.8) is 0 Å². The molecule has 0 saturated carbocycles. The van der Waals surface area contributed by atoms with E-state index in [1.165, 1.54) is 6.33 Å². The van der Waals surface area contributed by atoms with E-state index in [2.05, 4.69) is 26.8 Å². The minimum atomic E-state index is -0.339. The van der Waals surface area contributed by atoms with Gasteiger partial charge in [-0.15, -0.1) is 0 Å². The van der Waals surface area contributed by atoms with Crippen LogP contribution in [0.3, 0.4) is 0 Å². The first kappa shape index (κ1) is 15.7. The van der Waals surface area contributed by atoms with Crippen LogP contribution in [0, 0.1) is 5.82 Å². The number of aldehydes is 1. The summed E-state index contributed by atoms with van der Waals surface area (Å²) in [6.07, 6.45) is 2.20. The average Bonchev–Trinajstić information content (AvgIpc) is 3.05. The van der Waals surface area contributed by atoms with Crippen molar-refractivity contribution in [1.82, 2.24) is 19.4 Å². The number of halogens is 1. The molecule has 4 rings (SSSR count). The van der Waals surface area contributed by atoms with Gasteiger partial charge in [0.05, 0.1) is 5.69 Å². The molecule has 1 aliphatic heterocycles. The zero-order valence-electron chi connectivity index (χ0n) is 13.9. The van der Waals surface area contributed by atoms with Crippen LogP contribution < -0.4 is 4.90 Å². The van der Waals surface area contributed by atoms with E-state index >= 15 is 0 Å². The first-order valence-corrected chi connectivity index (χ1v) is 8.18. The molecule has 0 atom stereocenters. The molecular weight excluding hydrogens is 321 g/mol. The van der Waals surface area contributed by atoms with E-state index in [-0.39, 0.29) is 5.82 Å². The van der Waals surface area contributed by atoms with Crippen LogP contribution in [0.1, 0.15) is 10.5 Å². The molecule has 0 amide bonds. The largest absolute Gasteiger partial charge is 0.369 e. The molecule has 0 bridgehead atoms. The maximum atomic E-state index is 14.8. The Bertz CT molecular complexity index is 930. The van der Waals surface area contributed by atoms with Crippen molar-refractivity contribution in [3.8, 4) is 5.69 Å². The molecule has 7 heteroatoms. The van der Waals surface area contributed by atoms with Crippen molar-refractivity contribution < 1.29 is 9.18 Å². The summed E-state index contributed by atoms with van der Waals surface area (Å²) in [5, 5.41) is 0. The molecule has 1 aliphatic rings. The van der Waals surface area contributed by atoms with Gasteiger partial charge in [-0.3, -0.25) is 9.36 Å². The lowest BCUT2D eigenvalue weighted by Gasteiger charge is -2.34. The summed E-state index contributed by atoms with van der Waals surface area (Å²) in [6.45, 7) is 3.70. The van der Waals surface area contributed by atoms with Crippen LogP contribution in [0.2, 0.25) is 0 Å². The Hall–Kier alpha value is -2.80. The number of carbonyl (C=O) groups is 1. The van der Waals surface area contributed by atoms with Crippen molar-refractivity contribution in [1.29, 1.82) is 0 Å². The van der Waals surface area contributed by atoms with E-state index in [1.54, 1.807) is 28.8 Å². The number of anilines is 1. The smallest absolute Gasteiger partial charge is 0.168 e. The third kappa shape index (κ3) is 2.87. The van der Waals surface area contributed by atoms with E-state index in [0.29, 0.717) is 28.8 Å². The van der Waals surface area contributed by atoms with Gasteiger partial charge < -0.3 is 9.80 Å². The topological polar surface area (TPSA) is 54.3 Å². The van der Waals surface area contributed by atoms with E-state index in [1.807, 2.05) is 6.07 Å². The van der Waals surface area contributed by atoms with Crippen LogP contribution in [-0.4, -0.2) is 58.9 Å². The van der Waals surface area contributed by atoms with Gasteiger partial charge in [0.15, 0.2) is 11.9 Å². The summed E-state index contributed by atoms with van der Waals surface area (Å²) < 4.78 is 16.3. The SMILES string of the molecule is CN1CCN(c2ccc(-n3cnc4ccc(C=O)nc43)c(F)c2)CC1. The molecule has 6 nitrogen and oxygen atoms in total. The fraction of sp³-hybridized carbons (Fsp3) is 0.278. The number of imidazole rings is 1. The van der Waals surface area contributed by atoms with E-state index in [4.69, 9.17) is 0 Å². The molecule has 1 saturated heterocycles. The van der Waals surface area contributed by atoms with E-state index in [0.717, 1.165) is 31.9 Å². The quantitative estimate of drug-likeness (QED) is 0.684. The fourth-order valence-corrected chi connectivity index (χ4v) is 3.10. The summed E-state index contributed by atoms with van der Waals surface area (Å²) in [6, 6.07) is 8.51. The van der Waals surface area contributed by atoms with Gasteiger partial charge in [0, 0.05) is 31.9 Å². The number of piperazine rings is 1. The number of nitrogens with zero attached hydrogens (tertiary/aromatic N) is 5. The van der Waals surface area contributed by atoms with Crippen LogP contribution in [0.15, 0.2) is 36.7 Å². The molecule has 0 radical (unpaired) electrons. The van der Waals surface area contributed by atoms with Gasteiger partial charge in [0.25, 0.3) is 0 Å². The molecular formula is C18H18FN5O. The Morgan fingerprint density at radius 1 is 1.12 bits per heavy atom. The number of rotatable bonds is 3. The molecule has 3 aromatic rings. The number of pyridine rings is 1. The monoisotopic (exact) mass is 339 g/mol. The lowest BCUT2D eigenvalue weighted by atomic mass is 10.2. The molecule has 3 heterocycles. The number of hydrogen-bond acceptors (Lipinski definition) is 5. The maximum absolute atomic E-state index is 14.8. The highest BCUT2D eigenvalue weighted by Gasteiger charge is 2.17. The Kier molecular flexibility index (Phi) is 3.93. The Balaban J connectivity index is 1.70. The molecule has 1 aromatic carbocycles. The van der Waals surface area contributed by atoms with Crippen molar-refractivity contribution in [2.75, 3.05) is 38.1 Å². The fourth-order valence-electron chi connectivity index (χ4n) is 3.10. The Morgan fingerprint density at radius 2 is 1.92 bits per heavy atom. The summed E-state index contributed by atoms with van der Waals surface area (Å²) in [4.78, 5) is 23.9. The van der Waals surface area contributed by atoms with Crippen molar-refractivity contribution in [2.24, 2.45) is 0 Å². The lowest BCUT2D eigenvalue weighted by molar-refractivity contribution is 0.111. The summed E-state index contributed by atoms with van der Waals surface area (Å²) in [7, 11) is 2.09. The molecule has 1 fully saturated rings. The highest BCUT2D eigenvalue weighted by Crippen LogP contribution is 2.24. The minimum absolute atomic E-state index is 0.295. The maximum Gasteiger partial charge on any atom is 0.168 e. The second-order valence-electron chi connectivity index (χ2n) is 6.24. The van der Waals surface area contributed by atoms with Crippen molar-refractivity contribution in [3.05, 3.63) is 48.2 Å². The normalized spacial score (nSPS) is 15.7. The molecule has 0 spiro atoms. The highest BCUT2D eigenvalue weighted by molar-refractivity contribution is 5.80. The number of likely N-dealkylation sites (N-methyl/N-ethyl adjacent to an activating group) is 1. The lowest BCUT2D eigenvalue weighted by Crippen LogP contribution is -2.44. The van der Waals surface area contributed by atoms with Gasteiger partial charge >= 0.3 is 0 Å². The molecule has 25 heavy (non-hydrogen) atoms. The zero-order valence-corrected chi connectivity index (χ0v) is 13.9. The molecule has 128 valence electrons. The summed E-state index contributed by atoms with van der Waals surface area (Å²) in [5.74, 6) is -0.339. The van der Waals surface area contributed by atoms with E-state index < -0.39 is 0 Å². The number of benzene rings is 1. The predicted molar refractivity (Wildman–Crippen MR) is 93.9 cm³/mol. The average molecular weight is 339 g/mol. The zero-order chi connectivity index (χ0) is 17.4. The number of aromatic nitrogens is 3. The van der Waals surface area contributed by atoms with Crippen molar-refractivity contribution >= 4 is 23.1 Å². The molecule has 0 aliphatic carbocycles. The number of fused-ring (bicyclic) bond motifs is 1.